The second-order valence-corrected chi connectivity index (χ2v) is 8.38. The summed E-state index contributed by atoms with van der Waals surface area (Å²) in [5.74, 6) is 0.338. The number of amides is 1. The molecule has 0 bridgehead atoms. The Hall–Kier alpha value is -2.22. The maximum atomic E-state index is 12.5. The number of rotatable bonds is 6. The summed E-state index contributed by atoms with van der Waals surface area (Å²) >= 11 is 13.3. The van der Waals surface area contributed by atoms with Gasteiger partial charge < -0.3 is 14.6 Å². The Bertz CT molecular complexity index is 1020. The number of anilines is 2. The van der Waals surface area contributed by atoms with Crippen molar-refractivity contribution in [3.8, 4) is 11.5 Å². The fourth-order valence-electron chi connectivity index (χ4n) is 3.16. The SMILES string of the molecule is O=C(CSc1nnc(-c2cccc(Cl)c2)o1)Nc1cc(Cl)ccc1N1CCCC1. The molecule has 0 radical (unpaired) electrons. The first-order valence-corrected chi connectivity index (χ1v) is 10.9. The van der Waals surface area contributed by atoms with Crippen LogP contribution in [0.1, 0.15) is 12.8 Å². The molecule has 0 spiro atoms. The first kappa shape index (κ1) is 20.1. The highest BCUT2D eigenvalue weighted by Crippen LogP contribution is 2.32. The molecule has 9 heteroatoms. The van der Waals surface area contributed by atoms with E-state index in [0.717, 1.165) is 42.9 Å². The van der Waals surface area contributed by atoms with Crippen molar-refractivity contribution in [3.05, 3.63) is 52.5 Å². The highest BCUT2D eigenvalue weighted by molar-refractivity contribution is 7.99. The molecule has 150 valence electrons. The van der Waals surface area contributed by atoms with E-state index in [4.69, 9.17) is 27.6 Å². The molecule has 2 heterocycles. The van der Waals surface area contributed by atoms with Crippen molar-refractivity contribution in [2.75, 3.05) is 29.1 Å². The molecule has 1 fully saturated rings. The van der Waals surface area contributed by atoms with E-state index in [1.54, 1.807) is 18.2 Å². The Morgan fingerprint density at radius 1 is 1.10 bits per heavy atom. The Labute approximate surface area is 182 Å². The number of hydrogen-bond donors (Lipinski definition) is 1. The standard InChI is InChI=1S/C20H18Cl2N4O2S/c21-14-5-3-4-13(10-14)19-24-25-20(28-19)29-12-18(27)23-16-11-15(22)6-7-17(16)26-8-1-2-9-26/h3-7,10-11H,1-2,8-9,12H2,(H,23,27). The molecule has 0 atom stereocenters. The van der Waals surface area contributed by atoms with Crippen LogP contribution in [0.2, 0.25) is 10.0 Å². The third kappa shape index (κ3) is 5.04. The highest BCUT2D eigenvalue weighted by Gasteiger charge is 2.18. The minimum atomic E-state index is -0.166. The van der Waals surface area contributed by atoms with E-state index < -0.39 is 0 Å². The molecule has 3 aromatic rings. The molecule has 4 rings (SSSR count). The van der Waals surface area contributed by atoms with Gasteiger partial charge in [-0.1, -0.05) is 41.0 Å². The zero-order valence-electron chi connectivity index (χ0n) is 15.4. The molecule has 0 unspecified atom stereocenters. The van der Waals surface area contributed by atoms with Gasteiger partial charge in [0.15, 0.2) is 0 Å². The summed E-state index contributed by atoms with van der Waals surface area (Å²) in [6.07, 6.45) is 2.30. The summed E-state index contributed by atoms with van der Waals surface area (Å²) in [4.78, 5) is 14.7. The van der Waals surface area contributed by atoms with Gasteiger partial charge in [0.05, 0.1) is 17.1 Å². The smallest absolute Gasteiger partial charge is 0.277 e. The fraction of sp³-hybridized carbons (Fsp3) is 0.250. The van der Waals surface area contributed by atoms with Crippen molar-refractivity contribution in [3.63, 3.8) is 0 Å². The fourth-order valence-corrected chi connectivity index (χ4v) is 4.09. The number of thioether (sulfide) groups is 1. The van der Waals surface area contributed by atoms with E-state index in [1.807, 2.05) is 24.3 Å². The van der Waals surface area contributed by atoms with Gasteiger partial charge in [-0.15, -0.1) is 10.2 Å². The quantitative estimate of drug-likeness (QED) is 0.510. The van der Waals surface area contributed by atoms with Crippen LogP contribution < -0.4 is 10.2 Å². The first-order chi connectivity index (χ1) is 14.1. The van der Waals surface area contributed by atoms with E-state index in [-0.39, 0.29) is 11.7 Å². The first-order valence-electron chi connectivity index (χ1n) is 9.15. The zero-order valence-corrected chi connectivity index (χ0v) is 17.7. The lowest BCUT2D eigenvalue weighted by Crippen LogP contribution is -2.21. The molecular formula is C20H18Cl2N4O2S. The maximum Gasteiger partial charge on any atom is 0.277 e. The molecule has 1 saturated heterocycles. The van der Waals surface area contributed by atoms with Crippen molar-refractivity contribution in [1.82, 2.24) is 10.2 Å². The van der Waals surface area contributed by atoms with Gasteiger partial charge in [0.1, 0.15) is 0 Å². The molecule has 1 N–H and O–H groups in total. The van der Waals surface area contributed by atoms with Crippen molar-refractivity contribution in [1.29, 1.82) is 0 Å². The van der Waals surface area contributed by atoms with Crippen LogP contribution in [0, 0.1) is 0 Å². The van der Waals surface area contributed by atoms with Crippen LogP contribution in [-0.2, 0) is 4.79 Å². The molecular weight excluding hydrogens is 431 g/mol. The molecule has 0 aliphatic carbocycles. The van der Waals surface area contributed by atoms with Crippen molar-refractivity contribution >= 4 is 52.2 Å². The number of nitrogens with one attached hydrogen (secondary N) is 1. The molecule has 2 aromatic carbocycles. The van der Waals surface area contributed by atoms with E-state index in [2.05, 4.69) is 20.4 Å². The summed E-state index contributed by atoms with van der Waals surface area (Å²) in [6, 6.07) is 12.7. The van der Waals surface area contributed by atoms with Crippen LogP contribution >= 0.6 is 35.0 Å². The van der Waals surface area contributed by atoms with E-state index in [0.29, 0.717) is 21.2 Å². The van der Waals surface area contributed by atoms with Gasteiger partial charge >= 0.3 is 0 Å². The van der Waals surface area contributed by atoms with Crippen molar-refractivity contribution in [2.24, 2.45) is 0 Å². The third-order valence-electron chi connectivity index (χ3n) is 4.48. The number of carbonyl (C=O) groups excluding carboxylic acids is 1. The lowest BCUT2D eigenvalue weighted by molar-refractivity contribution is -0.113. The van der Waals surface area contributed by atoms with Crippen LogP contribution in [0.15, 0.2) is 52.1 Å². The van der Waals surface area contributed by atoms with Crippen LogP contribution in [0.3, 0.4) is 0 Å². The maximum absolute atomic E-state index is 12.5. The lowest BCUT2D eigenvalue weighted by atomic mass is 10.2. The Balaban J connectivity index is 1.39. The van der Waals surface area contributed by atoms with Gasteiger partial charge in [0.2, 0.25) is 11.8 Å². The minimum Gasteiger partial charge on any atom is -0.411 e. The van der Waals surface area contributed by atoms with E-state index in [9.17, 15) is 4.79 Å². The van der Waals surface area contributed by atoms with Gasteiger partial charge in [-0.2, -0.15) is 0 Å². The van der Waals surface area contributed by atoms with Gasteiger partial charge in [-0.05, 0) is 49.2 Å². The number of hydrogen-bond acceptors (Lipinski definition) is 6. The zero-order chi connectivity index (χ0) is 20.2. The lowest BCUT2D eigenvalue weighted by Gasteiger charge is -2.21. The van der Waals surface area contributed by atoms with Crippen molar-refractivity contribution < 1.29 is 9.21 Å². The molecule has 1 amide bonds. The minimum absolute atomic E-state index is 0.142. The topological polar surface area (TPSA) is 71.3 Å². The molecule has 0 saturated carbocycles. The average molecular weight is 449 g/mol. The second kappa shape index (κ2) is 9.07. The van der Waals surface area contributed by atoms with E-state index in [1.165, 1.54) is 11.8 Å². The summed E-state index contributed by atoms with van der Waals surface area (Å²) in [7, 11) is 0. The number of aromatic nitrogens is 2. The predicted molar refractivity (Wildman–Crippen MR) is 117 cm³/mol. The summed E-state index contributed by atoms with van der Waals surface area (Å²) in [5, 5.41) is 12.4. The summed E-state index contributed by atoms with van der Waals surface area (Å²) in [6.45, 7) is 1.96. The van der Waals surface area contributed by atoms with Crippen molar-refractivity contribution in [2.45, 2.75) is 18.1 Å². The van der Waals surface area contributed by atoms with Gasteiger partial charge in [0.25, 0.3) is 5.22 Å². The number of benzene rings is 2. The molecule has 1 aliphatic heterocycles. The van der Waals surface area contributed by atoms with Crippen LogP contribution in [0.5, 0.6) is 0 Å². The van der Waals surface area contributed by atoms with Gasteiger partial charge in [0, 0.05) is 28.7 Å². The normalized spacial score (nSPS) is 13.7. The molecule has 1 aliphatic rings. The Kier molecular flexibility index (Phi) is 6.28. The number of carbonyl (C=O) groups is 1. The van der Waals surface area contributed by atoms with Crippen LogP contribution in [0.4, 0.5) is 11.4 Å². The van der Waals surface area contributed by atoms with E-state index >= 15 is 0 Å². The second-order valence-electron chi connectivity index (χ2n) is 6.58. The van der Waals surface area contributed by atoms with Gasteiger partial charge in [-0.3, -0.25) is 4.79 Å². The number of nitrogens with zero attached hydrogens (tertiary/aromatic N) is 3. The predicted octanol–water partition coefficient (Wildman–Crippen LogP) is 5.37. The Morgan fingerprint density at radius 3 is 2.69 bits per heavy atom. The average Bonchev–Trinajstić information content (AvgIpc) is 3.39. The highest BCUT2D eigenvalue weighted by atomic mass is 35.5. The number of halogens is 2. The summed E-state index contributed by atoms with van der Waals surface area (Å²) in [5.41, 5.74) is 2.44. The molecule has 29 heavy (non-hydrogen) atoms. The van der Waals surface area contributed by atoms with Gasteiger partial charge in [-0.25, -0.2) is 0 Å². The third-order valence-corrected chi connectivity index (χ3v) is 5.77. The largest absolute Gasteiger partial charge is 0.411 e. The monoisotopic (exact) mass is 448 g/mol. The van der Waals surface area contributed by atoms with Crippen LogP contribution in [-0.4, -0.2) is 34.9 Å². The Morgan fingerprint density at radius 2 is 1.90 bits per heavy atom. The molecule has 1 aromatic heterocycles. The van der Waals surface area contributed by atoms with Crippen LogP contribution in [0.25, 0.3) is 11.5 Å². The molecule has 6 nitrogen and oxygen atoms in total. The summed E-state index contributed by atoms with van der Waals surface area (Å²) < 4.78 is 5.62.